The first-order valence-corrected chi connectivity index (χ1v) is 11.1. The normalized spacial score (nSPS) is 24.6. The number of hydrogen-bond acceptors (Lipinski definition) is 6. The molecule has 0 radical (unpaired) electrons. The Labute approximate surface area is 183 Å². The van der Waals surface area contributed by atoms with Gasteiger partial charge in [-0.3, -0.25) is 0 Å². The number of ether oxygens (including phenoxy) is 3. The molecule has 0 spiro atoms. The van der Waals surface area contributed by atoms with Crippen LogP contribution in [-0.2, 0) is 11.3 Å². The number of rotatable bonds is 9. The molecule has 2 aliphatic heterocycles. The zero-order valence-corrected chi connectivity index (χ0v) is 18.5. The first-order chi connectivity index (χ1) is 15.2. The van der Waals surface area contributed by atoms with E-state index < -0.39 is 0 Å². The summed E-state index contributed by atoms with van der Waals surface area (Å²) in [7, 11) is 3.36. The van der Waals surface area contributed by atoms with Gasteiger partial charge in [0.25, 0.3) is 0 Å². The number of aromatic nitrogens is 4. The molecule has 4 rings (SSSR count). The van der Waals surface area contributed by atoms with E-state index in [4.69, 9.17) is 14.2 Å². The molecule has 2 N–H and O–H groups in total. The Hall–Kier alpha value is -2.49. The van der Waals surface area contributed by atoms with Crippen LogP contribution in [0.25, 0.3) is 0 Å². The van der Waals surface area contributed by atoms with Crippen LogP contribution >= 0.6 is 0 Å². The molecule has 2 fully saturated rings. The molecule has 0 saturated carbocycles. The summed E-state index contributed by atoms with van der Waals surface area (Å²) < 4.78 is 19.2. The zero-order valence-electron chi connectivity index (χ0n) is 18.5. The van der Waals surface area contributed by atoms with Crippen molar-refractivity contribution in [1.29, 1.82) is 0 Å². The summed E-state index contributed by atoms with van der Waals surface area (Å²) in [6.07, 6.45) is 4.31. The van der Waals surface area contributed by atoms with Crippen LogP contribution in [0.4, 0.5) is 0 Å². The second-order valence-electron chi connectivity index (χ2n) is 8.27. The van der Waals surface area contributed by atoms with Crippen molar-refractivity contribution in [2.75, 3.05) is 53.6 Å². The number of nitrogens with zero attached hydrogens (tertiary/aromatic N) is 4. The van der Waals surface area contributed by atoms with Gasteiger partial charge in [0.2, 0.25) is 5.82 Å². The van der Waals surface area contributed by atoms with Crippen LogP contribution in [-0.4, -0.2) is 79.9 Å². The number of hydrogen-bond donors (Lipinski definition) is 2. The Kier molecular flexibility index (Phi) is 7.16. The summed E-state index contributed by atoms with van der Waals surface area (Å²) >= 11 is 0. The van der Waals surface area contributed by atoms with E-state index in [1.54, 1.807) is 19.1 Å². The molecule has 2 aliphatic rings. The first-order valence-electron chi connectivity index (χ1n) is 11.1. The van der Waals surface area contributed by atoms with E-state index in [1.165, 1.54) is 4.90 Å². The van der Waals surface area contributed by atoms with E-state index in [2.05, 4.69) is 28.2 Å². The molecule has 2 aromatic rings. The maximum atomic E-state index is 5.85. The largest absolute Gasteiger partial charge is 0.493 e. The van der Waals surface area contributed by atoms with Crippen molar-refractivity contribution in [2.24, 2.45) is 0 Å². The minimum Gasteiger partial charge on any atom is -0.493 e. The Morgan fingerprint density at radius 1 is 1.26 bits per heavy atom. The number of nitrogens with one attached hydrogen (secondary N) is 2. The van der Waals surface area contributed by atoms with Gasteiger partial charge in [-0.25, -0.2) is 4.68 Å². The van der Waals surface area contributed by atoms with Crippen molar-refractivity contribution in [2.45, 2.75) is 31.5 Å². The summed E-state index contributed by atoms with van der Waals surface area (Å²) in [5, 5.41) is 12.9. The highest BCUT2D eigenvalue weighted by Crippen LogP contribution is 2.35. The van der Waals surface area contributed by atoms with Gasteiger partial charge in [-0.1, -0.05) is 12.6 Å². The van der Waals surface area contributed by atoms with Crippen LogP contribution in [0.3, 0.4) is 0 Å². The van der Waals surface area contributed by atoms with Crippen molar-refractivity contribution in [1.82, 2.24) is 20.2 Å². The molecule has 2 atom stereocenters. The van der Waals surface area contributed by atoms with Crippen LogP contribution in [0, 0.1) is 0 Å². The molecule has 0 bridgehead atoms. The second-order valence-corrected chi connectivity index (χ2v) is 8.27. The maximum Gasteiger partial charge on any atom is 0.214 e. The highest BCUT2D eigenvalue weighted by Gasteiger charge is 2.38. The average molecular weight is 431 g/mol. The molecular formula is C22H34N6O3+2. The highest BCUT2D eigenvalue weighted by molar-refractivity contribution is 5.48. The minimum absolute atomic E-state index is 0.0493. The highest BCUT2D eigenvalue weighted by atomic mass is 16.5. The SMILES string of the molecule is C=CC[NH+]1CC[NH+]([C@H](c2cccc(OC)c2OC)c2nnnn2C[C@H]2CCCO2)CC1. The van der Waals surface area contributed by atoms with Crippen molar-refractivity contribution < 1.29 is 24.0 Å². The van der Waals surface area contributed by atoms with Crippen molar-refractivity contribution in [3.8, 4) is 11.5 Å². The molecule has 0 amide bonds. The van der Waals surface area contributed by atoms with E-state index in [-0.39, 0.29) is 12.1 Å². The number of benzene rings is 1. The van der Waals surface area contributed by atoms with E-state index in [9.17, 15) is 0 Å². The summed E-state index contributed by atoms with van der Waals surface area (Å²) in [5.74, 6) is 2.32. The summed E-state index contributed by atoms with van der Waals surface area (Å²) in [5.41, 5.74) is 1.05. The standard InChI is InChI=1S/C22H32N6O3/c1-4-10-26-11-13-27(14-12-26)20(18-8-5-9-19(29-2)21(18)30-3)22-23-24-25-28(22)16-17-7-6-15-31-17/h4-5,8-9,17,20H,1,6-7,10-16H2,2-3H3/p+2/t17-,20-/m1/s1. The lowest BCUT2D eigenvalue weighted by atomic mass is 10.0. The summed E-state index contributed by atoms with van der Waals surface area (Å²) in [4.78, 5) is 3.00. The molecule has 9 nitrogen and oxygen atoms in total. The number of tetrazole rings is 1. The minimum atomic E-state index is -0.0493. The topological polar surface area (TPSA) is 80.2 Å². The molecule has 1 aromatic carbocycles. The quantitative estimate of drug-likeness (QED) is 0.493. The molecule has 1 aromatic heterocycles. The lowest BCUT2D eigenvalue weighted by molar-refractivity contribution is -1.02. The van der Waals surface area contributed by atoms with E-state index in [1.807, 2.05) is 22.9 Å². The van der Waals surface area contributed by atoms with Gasteiger partial charge in [0.1, 0.15) is 26.2 Å². The molecule has 0 unspecified atom stereocenters. The van der Waals surface area contributed by atoms with Crippen LogP contribution in [0.2, 0.25) is 0 Å². The van der Waals surface area contributed by atoms with Gasteiger partial charge in [0.15, 0.2) is 17.5 Å². The van der Waals surface area contributed by atoms with E-state index in [0.29, 0.717) is 6.54 Å². The fourth-order valence-electron chi connectivity index (χ4n) is 4.83. The van der Waals surface area contributed by atoms with Crippen LogP contribution < -0.4 is 19.3 Å². The number of para-hydroxylation sites is 1. The Morgan fingerprint density at radius 3 is 2.77 bits per heavy atom. The predicted octanol–water partition coefficient (Wildman–Crippen LogP) is -1.07. The molecule has 31 heavy (non-hydrogen) atoms. The molecule has 9 heteroatoms. The summed E-state index contributed by atoms with van der Waals surface area (Å²) in [6.45, 7) is 10.6. The van der Waals surface area contributed by atoms with Gasteiger partial charge in [0, 0.05) is 6.61 Å². The Balaban J connectivity index is 1.69. The average Bonchev–Trinajstić information content (AvgIpc) is 3.48. The third-order valence-corrected chi connectivity index (χ3v) is 6.40. The third kappa shape index (κ3) is 4.73. The molecule has 168 valence electrons. The first kappa shape index (κ1) is 21.7. The second kappa shape index (κ2) is 10.2. The number of piperazine rings is 1. The fraction of sp³-hybridized carbons (Fsp3) is 0.591. The Bertz CT molecular complexity index is 859. The van der Waals surface area contributed by atoms with Crippen molar-refractivity contribution >= 4 is 0 Å². The van der Waals surface area contributed by atoms with Gasteiger partial charge >= 0.3 is 0 Å². The van der Waals surface area contributed by atoms with Crippen LogP contribution in [0.15, 0.2) is 30.9 Å². The molecule has 2 saturated heterocycles. The number of quaternary nitrogens is 2. The lowest BCUT2D eigenvalue weighted by Gasteiger charge is -2.34. The zero-order chi connectivity index (χ0) is 21.6. The third-order valence-electron chi connectivity index (χ3n) is 6.40. The van der Waals surface area contributed by atoms with E-state index in [0.717, 1.165) is 75.1 Å². The van der Waals surface area contributed by atoms with Crippen LogP contribution in [0.5, 0.6) is 11.5 Å². The van der Waals surface area contributed by atoms with Gasteiger partial charge < -0.3 is 24.0 Å². The fourth-order valence-corrected chi connectivity index (χ4v) is 4.83. The van der Waals surface area contributed by atoms with E-state index >= 15 is 0 Å². The van der Waals surface area contributed by atoms with Crippen molar-refractivity contribution in [3.63, 3.8) is 0 Å². The van der Waals surface area contributed by atoms with Crippen LogP contribution in [0.1, 0.15) is 30.3 Å². The molecule has 3 heterocycles. The smallest absolute Gasteiger partial charge is 0.214 e. The van der Waals surface area contributed by atoms with Gasteiger partial charge in [-0.15, -0.1) is 5.10 Å². The van der Waals surface area contributed by atoms with Gasteiger partial charge in [0.05, 0.1) is 39.0 Å². The maximum absolute atomic E-state index is 5.85. The molecular weight excluding hydrogens is 396 g/mol. The lowest BCUT2D eigenvalue weighted by Crippen LogP contribution is -3.28. The summed E-state index contributed by atoms with van der Waals surface area (Å²) in [6, 6.07) is 5.99. The predicted molar refractivity (Wildman–Crippen MR) is 115 cm³/mol. The van der Waals surface area contributed by atoms with Crippen molar-refractivity contribution in [3.05, 3.63) is 42.2 Å². The number of methoxy groups -OCH3 is 2. The van der Waals surface area contributed by atoms with Gasteiger partial charge in [-0.2, -0.15) is 0 Å². The molecule has 0 aliphatic carbocycles. The Morgan fingerprint density at radius 2 is 2.10 bits per heavy atom. The van der Waals surface area contributed by atoms with Gasteiger partial charge in [-0.05, 0) is 41.5 Å². The monoisotopic (exact) mass is 430 g/mol.